The van der Waals surface area contributed by atoms with E-state index < -0.39 is 0 Å². The molecule has 3 aliphatic rings. The van der Waals surface area contributed by atoms with Crippen LogP contribution in [-0.2, 0) is 4.79 Å². The first-order chi connectivity index (χ1) is 15.3. The Balaban J connectivity index is 1.34. The summed E-state index contributed by atoms with van der Waals surface area (Å²) in [5.74, 6) is 2.33. The fraction of sp³-hybridized carbons (Fsp3) is 0.625. The molecule has 0 bridgehead atoms. The molecule has 0 radical (unpaired) electrons. The van der Waals surface area contributed by atoms with Gasteiger partial charge in [0, 0.05) is 25.7 Å². The summed E-state index contributed by atoms with van der Waals surface area (Å²) in [6, 6.07) is 10.8. The number of carbonyl (C=O) groups is 1. The van der Waals surface area contributed by atoms with Gasteiger partial charge in [-0.2, -0.15) is 0 Å². The van der Waals surface area contributed by atoms with Crippen molar-refractivity contribution in [3.8, 4) is 5.69 Å². The van der Waals surface area contributed by atoms with Crippen LogP contribution in [0.2, 0.25) is 0 Å². The van der Waals surface area contributed by atoms with Crippen molar-refractivity contribution in [2.45, 2.75) is 69.0 Å². The number of carbonyl (C=O) groups excluding carboxylic acids is 1. The molecule has 1 aromatic heterocycles. The van der Waals surface area contributed by atoms with Crippen LogP contribution in [0.15, 0.2) is 35.5 Å². The topological polar surface area (TPSA) is 54.3 Å². The highest BCUT2D eigenvalue weighted by Gasteiger charge is 2.35. The molecule has 2 atom stereocenters. The minimum Gasteiger partial charge on any atom is -0.341 e. The third-order valence-corrected chi connectivity index (χ3v) is 8.07. The Morgan fingerprint density at radius 3 is 2.52 bits per heavy atom. The molecule has 2 aromatic rings. The smallest absolute Gasteiger partial charge is 0.233 e. The van der Waals surface area contributed by atoms with E-state index in [2.05, 4.69) is 36.7 Å². The van der Waals surface area contributed by atoms with Gasteiger partial charge in [0.2, 0.25) is 11.9 Å². The lowest BCUT2D eigenvalue weighted by atomic mass is 9.78. The first-order valence-electron chi connectivity index (χ1n) is 12.0. The number of piperidine rings is 2. The molecule has 1 aromatic carbocycles. The maximum atomic E-state index is 13.2. The van der Waals surface area contributed by atoms with Gasteiger partial charge in [-0.05, 0) is 63.0 Å². The van der Waals surface area contributed by atoms with E-state index in [4.69, 9.17) is 0 Å². The minimum absolute atomic E-state index is 0.267. The molecule has 1 saturated carbocycles. The summed E-state index contributed by atoms with van der Waals surface area (Å²) >= 11 is 1.54. The predicted octanol–water partition coefficient (Wildman–Crippen LogP) is 4.53. The van der Waals surface area contributed by atoms with E-state index >= 15 is 0 Å². The van der Waals surface area contributed by atoms with Crippen molar-refractivity contribution < 1.29 is 4.79 Å². The highest BCUT2D eigenvalue weighted by Crippen LogP contribution is 2.36. The summed E-state index contributed by atoms with van der Waals surface area (Å²) in [6.07, 6.45) is 11.2. The lowest BCUT2D eigenvalue weighted by Gasteiger charge is -2.44. The predicted molar refractivity (Wildman–Crippen MR) is 125 cm³/mol. The van der Waals surface area contributed by atoms with Gasteiger partial charge in [0.05, 0.1) is 11.4 Å². The zero-order chi connectivity index (χ0) is 21.0. The number of benzene rings is 1. The van der Waals surface area contributed by atoms with Crippen LogP contribution in [0.1, 0.15) is 57.8 Å². The lowest BCUT2D eigenvalue weighted by Crippen LogP contribution is -2.50. The van der Waals surface area contributed by atoms with Crippen molar-refractivity contribution in [2.24, 2.45) is 5.92 Å². The molecule has 2 saturated heterocycles. The third-order valence-electron chi connectivity index (χ3n) is 7.16. The van der Waals surface area contributed by atoms with E-state index in [1.54, 1.807) is 0 Å². The number of anilines is 1. The number of para-hydroxylation sites is 1. The molecule has 7 heteroatoms. The van der Waals surface area contributed by atoms with E-state index in [1.807, 2.05) is 18.2 Å². The molecule has 1 amide bonds. The molecule has 0 N–H and O–H groups in total. The number of amides is 1. The van der Waals surface area contributed by atoms with Crippen molar-refractivity contribution in [2.75, 3.05) is 30.3 Å². The Labute approximate surface area is 189 Å². The van der Waals surface area contributed by atoms with E-state index in [9.17, 15) is 4.79 Å². The Bertz CT molecular complexity index is 877. The molecule has 1 aliphatic carbocycles. The van der Waals surface area contributed by atoms with Crippen molar-refractivity contribution in [3.05, 3.63) is 30.3 Å². The standard InChI is InChI=1S/C24H33N5OS/c30-22(28-17-9-11-19-10-5-6-14-21(19)28)18-31-24-26-25-23(27-15-7-2-8-16-27)29(24)20-12-3-1-4-13-20/h1,3-4,12-13,19,21H,2,5-11,14-18H2. The molecule has 2 unspecified atom stereocenters. The minimum atomic E-state index is 0.267. The fourth-order valence-corrected chi connectivity index (χ4v) is 6.43. The number of nitrogens with zero attached hydrogens (tertiary/aromatic N) is 5. The van der Waals surface area contributed by atoms with Gasteiger partial charge in [0.25, 0.3) is 0 Å². The first kappa shape index (κ1) is 20.9. The number of aromatic nitrogens is 3. The Hall–Kier alpha value is -2.02. The highest BCUT2D eigenvalue weighted by molar-refractivity contribution is 7.99. The van der Waals surface area contributed by atoms with Crippen LogP contribution in [0.5, 0.6) is 0 Å². The average Bonchev–Trinajstić information content (AvgIpc) is 3.27. The van der Waals surface area contributed by atoms with Gasteiger partial charge < -0.3 is 9.80 Å². The maximum Gasteiger partial charge on any atom is 0.233 e. The molecule has 166 valence electrons. The lowest BCUT2D eigenvalue weighted by molar-refractivity contribution is -0.134. The number of hydrogen-bond donors (Lipinski definition) is 0. The van der Waals surface area contributed by atoms with Crippen LogP contribution in [0.4, 0.5) is 5.95 Å². The first-order valence-corrected chi connectivity index (χ1v) is 13.0. The maximum absolute atomic E-state index is 13.2. The van der Waals surface area contributed by atoms with Gasteiger partial charge in [-0.3, -0.25) is 9.36 Å². The van der Waals surface area contributed by atoms with Gasteiger partial charge in [0.15, 0.2) is 5.16 Å². The second-order valence-electron chi connectivity index (χ2n) is 9.13. The van der Waals surface area contributed by atoms with Crippen LogP contribution in [0.3, 0.4) is 0 Å². The summed E-state index contributed by atoms with van der Waals surface area (Å²) in [6.45, 7) is 2.96. The summed E-state index contributed by atoms with van der Waals surface area (Å²) in [5, 5.41) is 9.91. The second-order valence-corrected chi connectivity index (χ2v) is 10.1. The molecule has 3 fully saturated rings. The van der Waals surface area contributed by atoms with Crippen LogP contribution < -0.4 is 4.90 Å². The van der Waals surface area contributed by atoms with Crippen LogP contribution in [-0.4, -0.2) is 57.0 Å². The molecule has 6 nitrogen and oxygen atoms in total. The Morgan fingerprint density at radius 1 is 0.903 bits per heavy atom. The normalized spacial score (nSPS) is 24.1. The molecule has 5 rings (SSSR count). The number of rotatable bonds is 5. The van der Waals surface area contributed by atoms with Gasteiger partial charge in [-0.15, -0.1) is 10.2 Å². The molecule has 2 aliphatic heterocycles. The quantitative estimate of drug-likeness (QED) is 0.641. The van der Waals surface area contributed by atoms with Crippen molar-refractivity contribution in [1.82, 2.24) is 19.7 Å². The molecule has 31 heavy (non-hydrogen) atoms. The van der Waals surface area contributed by atoms with Crippen LogP contribution >= 0.6 is 11.8 Å². The van der Waals surface area contributed by atoms with Crippen molar-refractivity contribution in [1.29, 1.82) is 0 Å². The number of thioether (sulfide) groups is 1. The Morgan fingerprint density at radius 2 is 1.68 bits per heavy atom. The van der Waals surface area contributed by atoms with Crippen molar-refractivity contribution >= 4 is 23.6 Å². The number of fused-ring (bicyclic) bond motifs is 1. The number of likely N-dealkylation sites (tertiary alicyclic amines) is 1. The third kappa shape index (κ3) is 4.47. The van der Waals surface area contributed by atoms with E-state index in [-0.39, 0.29) is 5.91 Å². The number of hydrogen-bond acceptors (Lipinski definition) is 5. The average molecular weight is 440 g/mol. The second kappa shape index (κ2) is 9.63. The summed E-state index contributed by atoms with van der Waals surface area (Å²) in [4.78, 5) is 17.7. The summed E-state index contributed by atoms with van der Waals surface area (Å²) in [7, 11) is 0. The van der Waals surface area contributed by atoms with Crippen LogP contribution in [0.25, 0.3) is 5.69 Å². The molecule has 3 heterocycles. The van der Waals surface area contributed by atoms with Gasteiger partial charge in [0.1, 0.15) is 0 Å². The van der Waals surface area contributed by atoms with Crippen LogP contribution in [0, 0.1) is 5.92 Å². The van der Waals surface area contributed by atoms with E-state index in [0.29, 0.717) is 11.8 Å². The van der Waals surface area contributed by atoms with E-state index in [1.165, 1.54) is 63.1 Å². The largest absolute Gasteiger partial charge is 0.341 e. The molecular weight excluding hydrogens is 406 g/mol. The molecular formula is C24H33N5OS. The Kier molecular flexibility index (Phi) is 6.48. The van der Waals surface area contributed by atoms with E-state index in [0.717, 1.165) is 48.8 Å². The highest BCUT2D eigenvalue weighted by atomic mass is 32.2. The summed E-state index contributed by atoms with van der Waals surface area (Å²) < 4.78 is 2.14. The van der Waals surface area contributed by atoms with Gasteiger partial charge in [-0.25, -0.2) is 0 Å². The van der Waals surface area contributed by atoms with Crippen molar-refractivity contribution in [3.63, 3.8) is 0 Å². The zero-order valence-electron chi connectivity index (χ0n) is 18.3. The monoisotopic (exact) mass is 439 g/mol. The van der Waals surface area contributed by atoms with Gasteiger partial charge >= 0.3 is 0 Å². The van der Waals surface area contributed by atoms with Gasteiger partial charge in [-0.1, -0.05) is 42.8 Å². The SMILES string of the molecule is O=C(CSc1nnc(N2CCCCC2)n1-c1ccccc1)N1CCCC2CCCCC21. The summed E-state index contributed by atoms with van der Waals surface area (Å²) in [5.41, 5.74) is 1.06. The zero-order valence-corrected chi connectivity index (χ0v) is 19.1. The molecule has 0 spiro atoms. The fourth-order valence-electron chi connectivity index (χ4n) is 5.60.